The highest BCUT2D eigenvalue weighted by molar-refractivity contribution is 5.72. The first kappa shape index (κ1) is 12.9. The molecule has 3 rings (SSSR count). The fraction of sp³-hybridized carbons (Fsp3) is 0.312. The van der Waals surface area contributed by atoms with Crippen LogP contribution in [0.5, 0.6) is 0 Å². The molecule has 1 aliphatic rings. The van der Waals surface area contributed by atoms with E-state index >= 15 is 0 Å². The number of rotatable bonds is 2. The Morgan fingerprint density at radius 1 is 1.20 bits per heavy atom. The number of fused-ring (bicyclic) bond motifs is 1. The number of hydrogen-bond donors (Lipinski definition) is 1. The molecule has 0 saturated carbocycles. The first-order valence-corrected chi connectivity index (χ1v) is 6.95. The van der Waals surface area contributed by atoms with Gasteiger partial charge in [-0.1, -0.05) is 30.3 Å². The molecule has 20 heavy (non-hydrogen) atoms. The summed E-state index contributed by atoms with van der Waals surface area (Å²) >= 11 is 0. The third-order valence-corrected chi connectivity index (χ3v) is 3.91. The highest BCUT2D eigenvalue weighted by Crippen LogP contribution is 2.30. The fourth-order valence-corrected chi connectivity index (χ4v) is 2.98. The third-order valence-electron chi connectivity index (χ3n) is 3.91. The van der Waals surface area contributed by atoms with E-state index in [2.05, 4.69) is 4.90 Å². The smallest absolute Gasteiger partial charge is 0.252 e. The van der Waals surface area contributed by atoms with E-state index < -0.39 is 0 Å². The summed E-state index contributed by atoms with van der Waals surface area (Å²) in [5, 5.41) is 0. The van der Waals surface area contributed by atoms with Crippen LogP contribution in [0.3, 0.4) is 0 Å². The second-order valence-corrected chi connectivity index (χ2v) is 5.20. The summed E-state index contributed by atoms with van der Waals surface area (Å²) in [6.07, 6.45) is 0.998. The van der Waals surface area contributed by atoms with Gasteiger partial charge in [-0.3, -0.25) is 9.36 Å². The van der Waals surface area contributed by atoms with Crippen molar-refractivity contribution in [3.05, 3.63) is 52.3 Å². The molecule has 0 fully saturated rings. The lowest BCUT2D eigenvalue weighted by Crippen LogP contribution is -2.36. The predicted octanol–water partition coefficient (Wildman–Crippen LogP) is 1.81. The normalized spacial score (nSPS) is 14.2. The Hall–Kier alpha value is -2.07. The number of anilines is 1. The quantitative estimate of drug-likeness (QED) is 0.904. The Morgan fingerprint density at radius 2 is 1.95 bits per heavy atom. The predicted molar refractivity (Wildman–Crippen MR) is 81.9 cm³/mol. The lowest BCUT2D eigenvalue weighted by atomic mass is 9.99. The lowest BCUT2D eigenvalue weighted by Gasteiger charge is -2.31. The molecule has 0 radical (unpaired) electrons. The van der Waals surface area contributed by atoms with Crippen molar-refractivity contribution in [2.45, 2.75) is 19.5 Å². The van der Waals surface area contributed by atoms with Crippen molar-refractivity contribution in [3.63, 3.8) is 0 Å². The second kappa shape index (κ2) is 5.13. The first-order valence-electron chi connectivity index (χ1n) is 6.95. The third kappa shape index (κ3) is 2.02. The number of nitrogens with two attached hydrogens (primary N) is 1. The number of aromatic nitrogens is 1. The molecular weight excluding hydrogens is 250 g/mol. The van der Waals surface area contributed by atoms with Gasteiger partial charge in [-0.15, -0.1) is 0 Å². The molecule has 0 aliphatic carbocycles. The van der Waals surface area contributed by atoms with Crippen molar-refractivity contribution in [1.82, 2.24) is 4.57 Å². The number of hydrogen-bond acceptors (Lipinski definition) is 3. The van der Waals surface area contributed by atoms with Gasteiger partial charge in [0.1, 0.15) is 5.82 Å². The molecule has 0 unspecified atom stereocenters. The van der Waals surface area contributed by atoms with Crippen molar-refractivity contribution in [3.8, 4) is 11.1 Å². The Balaban J connectivity index is 2.29. The Labute approximate surface area is 118 Å². The van der Waals surface area contributed by atoms with E-state index in [1.54, 1.807) is 6.07 Å². The molecule has 0 amide bonds. The Kier molecular flexibility index (Phi) is 3.32. The summed E-state index contributed by atoms with van der Waals surface area (Å²) in [5.74, 6) is 0.977. The van der Waals surface area contributed by atoms with Crippen LogP contribution >= 0.6 is 0 Å². The number of benzene rings is 1. The van der Waals surface area contributed by atoms with Gasteiger partial charge in [0.15, 0.2) is 0 Å². The number of pyridine rings is 1. The van der Waals surface area contributed by atoms with Crippen LogP contribution in [0.4, 0.5) is 5.82 Å². The summed E-state index contributed by atoms with van der Waals surface area (Å²) in [4.78, 5) is 14.5. The molecule has 0 atom stereocenters. The maximum Gasteiger partial charge on any atom is 0.252 e. The second-order valence-electron chi connectivity index (χ2n) is 5.20. The number of nitrogens with zero attached hydrogens (tertiary/aromatic N) is 2. The molecule has 1 aromatic carbocycles. The highest BCUT2D eigenvalue weighted by Gasteiger charge is 2.21. The molecule has 2 heterocycles. The molecule has 0 spiro atoms. The van der Waals surface area contributed by atoms with Gasteiger partial charge in [-0.25, -0.2) is 0 Å². The van der Waals surface area contributed by atoms with Crippen LogP contribution in [0.25, 0.3) is 11.1 Å². The molecular formula is C16H19N3O. The molecule has 0 saturated heterocycles. The van der Waals surface area contributed by atoms with Crippen LogP contribution in [-0.2, 0) is 13.1 Å². The van der Waals surface area contributed by atoms with Crippen LogP contribution in [0.15, 0.2) is 41.2 Å². The zero-order chi connectivity index (χ0) is 14.1. The van der Waals surface area contributed by atoms with E-state index in [1.807, 2.05) is 41.9 Å². The van der Waals surface area contributed by atoms with E-state index in [9.17, 15) is 4.79 Å². The fourth-order valence-electron chi connectivity index (χ4n) is 2.98. The van der Waals surface area contributed by atoms with E-state index in [-0.39, 0.29) is 5.56 Å². The topological polar surface area (TPSA) is 51.3 Å². The Bertz CT molecular complexity index is 676. The van der Waals surface area contributed by atoms with Crippen molar-refractivity contribution < 1.29 is 0 Å². The van der Waals surface area contributed by atoms with Crippen LogP contribution in [0.1, 0.15) is 12.0 Å². The summed E-state index contributed by atoms with van der Waals surface area (Å²) < 4.78 is 1.85. The minimum absolute atomic E-state index is 0.0580. The minimum atomic E-state index is 0.0580. The monoisotopic (exact) mass is 269 g/mol. The molecule has 1 aliphatic heterocycles. The van der Waals surface area contributed by atoms with Crippen LogP contribution < -0.4 is 16.2 Å². The van der Waals surface area contributed by atoms with Crippen LogP contribution in [0.2, 0.25) is 0 Å². The van der Waals surface area contributed by atoms with E-state index in [0.717, 1.165) is 42.0 Å². The largest absolute Gasteiger partial charge is 0.361 e. The van der Waals surface area contributed by atoms with Gasteiger partial charge in [0.25, 0.3) is 5.56 Å². The van der Waals surface area contributed by atoms with Crippen molar-refractivity contribution in [2.24, 2.45) is 5.73 Å². The standard InChI is InChI=1S/C16H19N3O/c1-18-8-5-9-19-15(20)10-13(14(11-17)16(18)19)12-6-3-2-4-7-12/h2-4,6-7,10H,5,8-9,11,17H2,1H3. The highest BCUT2D eigenvalue weighted by atomic mass is 16.1. The molecule has 2 N–H and O–H groups in total. The summed E-state index contributed by atoms with van der Waals surface area (Å²) in [6, 6.07) is 11.7. The van der Waals surface area contributed by atoms with Gasteiger partial charge in [0.05, 0.1) is 0 Å². The Morgan fingerprint density at radius 3 is 2.65 bits per heavy atom. The molecule has 0 bridgehead atoms. The summed E-state index contributed by atoms with van der Waals surface area (Å²) in [5.41, 5.74) is 9.10. The SMILES string of the molecule is CN1CCCn2c1c(CN)c(-c1ccccc1)cc2=O. The van der Waals surface area contributed by atoms with Gasteiger partial charge < -0.3 is 10.6 Å². The van der Waals surface area contributed by atoms with E-state index in [0.29, 0.717) is 6.54 Å². The van der Waals surface area contributed by atoms with Crippen molar-refractivity contribution >= 4 is 5.82 Å². The molecule has 2 aromatic rings. The zero-order valence-corrected chi connectivity index (χ0v) is 11.7. The van der Waals surface area contributed by atoms with Gasteiger partial charge in [0, 0.05) is 38.3 Å². The van der Waals surface area contributed by atoms with Gasteiger partial charge in [0.2, 0.25) is 0 Å². The minimum Gasteiger partial charge on any atom is -0.361 e. The average molecular weight is 269 g/mol. The zero-order valence-electron chi connectivity index (χ0n) is 11.7. The average Bonchev–Trinajstić information content (AvgIpc) is 2.49. The maximum absolute atomic E-state index is 12.4. The van der Waals surface area contributed by atoms with Crippen molar-refractivity contribution in [2.75, 3.05) is 18.5 Å². The van der Waals surface area contributed by atoms with Gasteiger partial charge in [-0.05, 0) is 17.5 Å². The van der Waals surface area contributed by atoms with Crippen molar-refractivity contribution in [1.29, 1.82) is 0 Å². The molecule has 104 valence electrons. The van der Waals surface area contributed by atoms with E-state index in [1.165, 1.54) is 0 Å². The van der Waals surface area contributed by atoms with E-state index in [4.69, 9.17) is 5.73 Å². The van der Waals surface area contributed by atoms with Crippen LogP contribution in [-0.4, -0.2) is 18.2 Å². The maximum atomic E-state index is 12.4. The summed E-state index contributed by atoms with van der Waals surface area (Å²) in [6.45, 7) is 2.18. The van der Waals surface area contributed by atoms with Gasteiger partial charge in [-0.2, -0.15) is 0 Å². The molecule has 1 aromatic heterocycles. The van der Waals surface area contributed by atoms with Crippen LogP contribution in [0, 0.1) is 0 Å². The molecule has 4 heteroatoms. The summed E-state index contributed by atoms with van der Waals surface area (Å²) in [7, 11) is 2.03. The first-order chi connectivity index (χ1) is 9.72. The lowest BCUT2D eigenvalue weighted by molar-refractivity contribution is 0.561. The van der Waals surface area contributed by atoms with Gasteiger partial charge >= 0.3 is 0 Å². The molecule has 4 nitrogen and oxygen atoms in total.